The van der Waals surface area contributed by atoms with Crippen molar-refractivity contribution in [3.05, 3.63) is 0 Å². The van der Waals surface area contributed by atoms with Crippen LogP contribution < -0.4 is 0 Å². The van der Waals surface area contributed by atoms with Gasteiger partial charge in [0.2, 0.25) is 0 Å². The molecule has 0 spiro atoms. The highest BCUT2D eigenvalue weighted by molar-refractivity contribution is 5.68. The van der Waals surface area contributed by atoms with E-state index in [1.54, 1.807) is 0 Å². The van der Waals surface area contributed by atoms with E-state index in [1.807, 2.05) is 6.92 Å². The second-order valence-corrected chi connectivity index (χ2v) is 3.12. The van der Waals surface area contributed by atoms with Crippen molar-refractivity contribution in [1.29, 1.82) is 0 Å². The Hall–Kier alpha value is -0.610. The van der Waals surface area contributed by atoms with Gasteiger partial charge in [-0.05, 0) is 6.92 Å². The van der Waals surface area contributed by atoms with Crippen LogP contribution >= 0.6 is 0 Å². The van der Waals surface area contributed by atoms with E-state index in [9.17, 15) is 9.90 Å². The van der Waals surface area contributed by atoms with Crippen LogP contribution in [0.25, 0.3) is 0 Å². The predicted molar refractivity (Wildman–Crippen MR) is 37.2 cm³/mol. The Morgan fingerprint density at radius 1 is 1.82 bits per heavy atom. The lowest BCUT2D eigenvalue weighted by molar-refractivity contribution is -0.142. The summed E-state index contributed by atoms with van der Waals surface area (Å²) in [5.41, 5.74) is -1.13. The second kappa shape index (κ2) is 2.79. The monoisotopic (exact) mass is 160 g/mol. The molecule has 0 aromatic rings. The molecule has 1 rings (SSSR count). The topological polar surface area (TPSA) is 66.8 Å². The molecular weight excluding hydrogens is 148 g/mol. The van der Waals surface area contributed by atoms with Gasteiger partial charge in [-0.3, -0.25) is 4.79 Å². The van der Waals surface area contributed by atoms with Gasteiger partial charge >= 0.3 is 5.97 Å². The highest BCUT2D eigenvalue weighted by Gasteiger charge is 2.38. The highest BCUT2D eigenvalue weighted by Crippen LogP contribution is 2.26. The van der Waals surface area contributed by atoms with Gasteiger partial charge in [0, 0.05) is 6.42 Å². The van der Waals surface area contributed by atoms with Crippen molar-refractivity contribution in [3.8, 4) is 0 Å². The minimum Gasteiger partial charge on any atom is -0.481 e. The van der Waals surface area contributed by atoms with Crippen molar-refractivity contribution in [2.75, 3.05) is 6.61 Å². The van der Waals surface area contributed by atoms with E-state index in [0.29, 0.717) is 6.42 Å². The third-order valence-corrected chi connectivity index (χ3v) is 1.78. The standard InChI is InChI=1S/C7H12O4/c1-5-2-7(10,4-11-5)3-6(8)9/h5,10H,2-4H2,1H3,(H,8,9)/t5-,7+/m1/s1. The Morgan fingerprint density at radius 3 is 2.82 bits per heavy atom. The highest BCUT2D eigenvalue weighted by atomic mass is 16.5. The maximum atomic E-state index is 10.3. The Kier molecular flexibility index (Phi) is 2.15. The second-order valence-electron chi connectivity index (χ2n) is 3.12. The number of carboxylic acids is 1. The number of ether oxygens (including phenoxy) is 1. The lowest BCUT2D eigenvalue weighted by Gasteiger charge is -2.16. The van der Waals surface area contributed by atoms with Crippen LogP contribution in [0, 0.1) is 0 Å². The summed E-state index contributed by atoms with van der Waals surface area (Å²) in [7, 11) is 0. The van der Waals surface area contributed by atoms with Crippen LogP contribution in [0.1, 0.15) is 19.8 Å². The first-order chi connectivity index (χ1) is 5.02. The molecule has 4 nitrogen and oxygen atoms in total. The van der Waals surface area contributed by atoms with Crippen LogP contribution in [-0.2, 0) is 9.53 Å². The van der Waals surface area contributed by atoms with Gasteiger partial charge in [0.1, 0.15) is 5.60 Å². The minimum absolute atomic E-state index is 0.0284. The van der Waals surface area contributed by atoms with Gasteiger partial charge in [0.15, 0.2) is 0 Å². The molecule has 1 saturated heterocycles. The SMILES string of the molecule is C[C@@H]1C[C@](O)(CC(=O)O)CO1. The maximum Gasteiger partial charge on any atom is 0.306 e. The molecule has 2 N–H and O–H groups in total. The molecule has 1 aliphatic heterocycles. The summed E-state index contributed by atoms with van der Waals surface area (Å²) < 4.78 is 5.06. The number of hydrogen-bond acceptors (Lipinski definition) is 3. The molecule has 2 atom stereocenters. The fourth-order valence-electron chi connectivity index (χ4n) is 1.36. The van der Waals surface area contributed by atoms with Crippen LogP contribution in [-0.4, -0.2) is 34.5 Å². The zero-order chi connectivity index (χ0) is 8.48. The van der Waals surface area contributed by atoms with Crippen molar-refractivity contribution >= 4 is 5.97 Å². The van der Waals surface area contributed by atoms with Crippen LogP contribution in [0.2, 0.25) is 0 Å². The van der Waals surface area contributed by atoms with Crippen molar-refractivity contribution in [1.82, 2.24) is 0 Å². The van der Waals surface area contributed by atoms with E-state index in [2.05, 4.69) is 0 Å². The summed E-state index contributed by atoms with van der Waals surface area (Å²) >= 11 is 0. The number of hydrogen-bond donors (Lipinski definition) is 2. The molecule has 0 radical (unpaired) electrons. The molecule has 1 fully saturated rings. The molecular formula is C7H12O4. The van der Waals surface area contributed by atoms with E-state index in [0.717, 1.165) is 0 Å². The number of carboxylic acid groups (broad SMARTS) is 1. The van der Waals surface area contributed by atoms with E-state index < -0.39 is 11.6 Å². The zero-order valence-corrected chi connectivity index (χ0v) is 6.41. The quantitative estimate of drug-likeness (QED) is 0.596. The molecule has 0 aromatic carbocycles. The summed E-state index contributed by atoms with van der Waals surface area (Å²) in [6.07, 6.45) is 0.163. The third kappa shape index (κ3) is 2.17. The molecule has 0 aliphatic carbocycles. The zero-order valence-electron chi connectivity index (χ0n) is 6.41. The summed E-state index contributed by atoms with van der Waals surface area (Å²) in [5, 5.41) is 17.9. The molecule has 0 saturated carbocycles. The van der Waals surface area contributed by atoms with Crippen molar-refractivity contribution in [2.45, 2.75) is 31.5 Å². The summed E-state index contributed by atoms with van der Waals surface area (Å²) in [5.74, 6) is -0.981. The third-order valence-electron chi connectivity index (χ3n) is 1.78. The summed E-state index contributed by atoms with van der Waals surface area (Å²) in [6, 6.07) is 0. The lowest BCUT2D eigenvalue weighted by atomic mass is 9.97. The average Bonchev–Trinajstić information content (AvgIpc) is 2.08. The first-order valence-corrected chi connectivity index (χ1v) is 3.58. The number of aliphatic carboxylic acids is 1. The molecule has 1 aliphatic rings. The van der Waals surface area contributed by atoms with Gasteiger partial charge in [-0.1, -0.05) is 0 Å². The first-order valence-electron chi connectivity index (χ1n) is 3.58. The summed E-state index contributed by atoms with van der Waals surface area (Å²) in [4.78, 5) is 10.3. The molecule has 64 valence electrons. The van der Waals surface area contributed by atoms with E-state index in [-0.39, 0.29) is 19.1 Å². The fraction of sp³-hybridized carbons (Fsp3) is 0.857. The van der Waals surface area contributed by atoms with Gasteiger partial charge < -0.3 is 14.9 Å². The maximum absolute atomic E-state index is 10.3. The van der Waals surface area contributed by atoms with E-state index in [1.165, 1.54) is 0 Å². The number of rotatable bonds is 2. The van der Waals surface area contributed by atoms with E-state index >= 15 is 0 Å². The van der Waals surface area contributed by atoms with Crippen LogP contribution in [0.5, 0.6) is 0 Å². The van der Waals surface area contributed by atoms with Gasteiger partial charge in [0.05, 0.1) is 19.1 Å². The van der Waals surface area contributed by atoms with Crippen LogP contribution in [0.15, 0.2) is 0 Å². The molecule has 4 heteroatoms. The van der Waals surface area contributed by atoms with Crippen LogP contribution in [0.3, 0.4) is 0 Å². The van der Waals surface area contributed by atoms with Gasteiger partial charge in [-0.15, -0.1) is 0 Å². The Bertz CT molecular complexity index is 168. The Labute approximate surface area is 64.8 Å². The smallest absolute Gasteiger partial charge is 0.306 e. The Balaban J connectivity index is 2.48. The van der Waals surface area contributed by atoms with E-state index in [4.69, 9.17) is 9.84 Å². The molecule has 1 heterocycles. The Morgan fingerprint density at radius 2 is 2.45 bits per heavy atom. The first kappa shape index (κ1) is 8.49. The van der Waals surface area contributed by atoms with Crippen molar-refractivity contribution < 1.29 is 19.7 Å². The predicted octanol–water partition coefficient (Wildman–Crippen LogP) is 0.00100. The number of aliphatic hydroxyl groups is 1. The van der Waals surface area contributed by atoms with Gasteiger partial charge in [0.25, 0.3) is 0 Å². The normalized spacial score (nSPS) is 37.5. The molecule has 0 aromatic heterocycles. The van der Waals surface area contributed by atoms with Gasteiger partial charge in [-0.2, -0.15) is 0 Å². The number of carbonyl (C=O) groups is 1. The minimum atomic E-state index is -1.13. The average molecular weight is 160 g/mol. The molecule has 11 heavy (non-hydrogen) atoms. The lowest BCUT2D eigenvalue weighted by Crippen LogP contribution is -2.32. The summed E-state index contributed by atoms with van der Waals surface area (Å²) in [6.45, 7) is 1.96. The fourth-order valence-corrected chi connectivity index (χ4v) is 1.36. The van der Waals surface area contributed by atoms with Crippen molar-refractivity contribution in [2.24, 2.45) is 0 Å². The molecule has 0 unspecified atom stereocenters. The van der Waals surface area contributed by atoms with Crippen LogP contribution in [0.4, 0.5) is 0 Å². The van der Waals surface area contributed by atoms with Crippen molar-refractivity contribution in [3.63, 3.8) is 0 Å². The molecule has 0 bridgehead atoms. The molecule has 0 amide bonds. The van der Waals surface area contributed by atoms with Gasteiger partial charge in [-0.25, -0.2) is 0 Å². The largest absolute Gasteiger partial charge is 0.481 e.